The van der Waals surface area contributed by atoms with Crippen molar-refractivity contribution < 1.29 is 52.7 Å². The highest BCUT2D eigenvalue weighted by Crippen LogP contribution is 2.57. The molecule has 2 aromatic rings. The highest BCUT2D eigenvalue weighted by Gasteiger charge is 2.61. The number of alkyl halides is 4. The fourth-order valence-corrected chi connectivity index (χ4v) is 2.69. The van der Waals surface area contributed by atoms with E-state index in [4.69, 9.17) is 0 Å². The van der Waals surface area contributed by atoms with Gasteiger partial charge in [-0.1, -0.05) is 0 Å². The van der Waals surface area contributed by atoms with Crippen LogP contribution in [0.25, 0.3) is 0 Å². The van der Waals surface area contributed by atoms with E-state index in [9.17, 15) is 52.7 Å². The molecular formula is C14F12. The van der Waals surface area contributed by atoms with Gasteiger partial charge in [-0.3, -0.25) is 0 Å². The van der Waals surface area contributed by atoms with E-state index in [0.29, 0.717) is 0 Å². The first-order chi connectivity index (χ1) is 11.8. The van der Waals surface area contributed by atoms with Crippen molar-refractivity contribution in [1.82, 2.24) is 0 Å². The molecule has 140 valence electrons. The highest BCUT2D eigenvalue weighted by atomic mass is 19.3. The zero-order valence-electron chi connectivity index (χ0n) is 11.5. The van der Waals surface area contributed by atoms with Gasteiger partial charge < -0.3 is 0 Å². The van der Waals surface area contributed by atoms with Crippen LogP contribution in [-0.4, -0.2) is 0 Å². The molecule has 0 nitrogen and oxygen atoms in total. The normalized spacial score (nSPS) is 17.1. The van der Waals surface area contributed by atoms with E-state index in [1.807, 2.05) is 0 Å². The van der Waals surface area contributed by atoms with Crippen molar-refractivity contribution in [1.29, 1.82) is 0 Å². The summed E-state index contributed by atoms with van der Waals surface area (Å²) in [6.07, 6.45) is 0. The van der Waals surface area contributed by atoms with Crippen LogP contribution < -0.4 is 0 Å². The molecule has 1 aliphatic carbocycles. The van der Waals surface area contributed by atoms with Gasteiger partial charge in [0.15, 0.2) is 46.5 Å². The van der Waals surface area contributed by atoms with Crippen molar-refractivity contribution in [2.45, 2.75) is 11.8 Å². The number of hydrogen-bond acceptors (Lipinski definition) is 0. The van der Waals surface area contributed by atoms with Crippen LogP contribution in [0.15, 0.2) is 0 Å². The smallest absolute Gasteiger partial charge is 0.203 e. The van der Waals surface area contributed by atoms with E-state index < -0.39 is 80.6 Å². The minimum Gasteiger partial charge on any atom is -0.203 e. The first kappa shape index (κ1) is 18.4. The lowest BCUT2D eigenvalue weighted by atomic mass is 9.79. The Hall–Kier alpha value is -2.40. The van der Waals surface area contributed by atoms with Gasteiger partial charge in [-0.15, -0.1) is 0 Å². The number of hydrogen-bond donors (Lipinski definition) is 0. The summed E-state index contributed by atoms with van der Waals surface area (Å²) in [5.41, 5.74) is -11.5. The molecule has 0 saturated heterocycles. The minimum absolute atomic E-state index is 2.87. The number of fused-ring (bicyclic) bond motifs is 2. The molecule has 0 bridgehead atoms. The molecule has 12 heteroatoms. The first-order valence-corrected chi connectivity index (χ1v) is 6.27. The summed E-state index contributed by atoms with van der Waals surface area (Å²) in [7, 11) is 0. The molecular weight excluding hydrogens is 396 g/mol. The zero-order chi connectivity index (χ0) is 19.9. The van der Waals surface area contributed by atoms with Crippen LogP contribution >= 0.6 is 0 Å². The van der Waals surface area contributed by atoms with E-state index in [1.54, 1.807) is 0 Å². The Bertz CT molecular complexity index is 822. The highest BCUT2D eigenvalue weighted by molar-refractivity contribution is 5.56. The Kier molecular flexibility index (Phi) is 3.59. The molecule has 0 fully saturated rings. The molecule has 0 saturated carbocycles. The Balaban J connectivity index is 2.64. The summed E-state index contributed by atoms with van der Waals surface area (Å²) in [4.78, 5) is 0. The average Bonchev–Trinajstić information content (AvgIpc) is 2.55. The second-order valence-electron chi connectivity index (χ2n) is 5.16. The predicted molar refractivity (Wildman–Crippen MR) is 58.5 cm³/mol. The Morgan fingerprint density at radius 2 is 0.462 bits per heavy atom. The van der Waals surface area contributed by atoms with Crippen LogP contribution in [0.2, 0.25) is 0 Å². The van der Waals surface area contributed by atoms with E-state index in [0.717, 1.165) is 0 Å². The quantitative estimate of drug-likeness (QED) is 0.318. The topological polar surface area (TPSA) is 0 Å². The lowest BCUT2D eigenvalue weighted by molar-refractivity contribution is -0.0254. The molecule has 3 rings (SSSR count). The minimum atomic E-state index is -5.49. The van der Waals surface area contributed by atoms with Gasteiger partial charge in [0.2, 0.25) is 0 Å². The van der Waals surface area contributed by atoms with Crippen molar-refractivity contribution >= 4 is 0 Å². The molecule has 1 aliphatic rings. The van der Waals surface area contributed by atoms with Crippen LogP contribution in [-0.2, 0) is 11.8 Å². The molecule has 26 heavy (non-hydrogen) atoms. The summed E-state index contributed by atoms with van der Waals surface area (Å²) in [6.45, 7) is 0. The van der Waals surface area contributed by atoms with Crippen LogP contribution in [0.3, 0.4) is 0 Å². The summed E-state index contributed by atoms with van der Waals surface area (Å²) in [5, 5.41) is 0. The van der Waals surface area contributed by atoms with Gasteiger partial charge in [0.05, 0.1) is 22.3 Å². The third-order valence-electron chi connectivity index (χ3n) is 3.79. The van der Waals surface area contributed by atoms with Gasteiger partial charge in [-0.05, 0) is 0 Å². The van der Waals surface area contributed by atoms with Crippen molar-refractivity contribution in [3.05, 3.63) is 68.8 Å². The molecule has 0 atom stereocenters. The monoisotopic (exact) mass is 396 g/mol. The number of benzene rings is 2. The van der Waals surface area contributed by atoms with Crippen molar-refractivity contribution in [2.24, 2.45) is 0 Å². The first-order valence-electron chi connectivity index (χ1n) is 6.27. The van der Waals surface area contributed by atoms with Gasteiger partial charge >= 0.3 is 11.8 Å². The van der Waals surface area contributed by atoms with E-state index in [-0.39, 0.29) is 0 Å². The van der Waals surface area contributed by atoms with E-state index >= 15 is 0 Å². The lowest BCUT2D eigenvalue weighted by Gasteiger charge is -2.34. The summed E-state index contributed by atoms with van der Waals surface area (Å²) in [6, 6.07) is 0. The van der Waals surface area contributed by atoms with Gasteiger partial charge in [0.1, 0.15) is 0 Å². The number of rotatable bonds is 0. The zero-order valence-corrected chi connectivity index (χ0v) is 11.5. The van der Waals surface area contributed by atoms with Crippen LogP contribution in [0.4, 0.5) is 52.7 Å². The molecule has 0 aromatic heterocycles. The van der Waals surface area contributed by atoms with E-state index in [2.05, 4.69) is 0 Å². The third-order valence-corrected chi connectivity index (χ3v) is 3.79. The third kappa shape index (κ3) is 1.89. The Labute approximate surface area is 134 Å². The molecule has 0 radical (unpaired) electrons. The summed E-state index contributed by atoms with van der Waals surface area (Å²) in [5.74, 6) is -34.9. The number of halogens is 12. The predicted octanol–water partition coefficient (Wildman–Crippen LogP) is 5.39. The van der Waals surface area contributed by atoms with Gasteiger partial charge in [-0.2, -0.15) is 17.6 Å². The average molecular weight is 396 g/mol. The maximum Gasteiger partial charge on any atom is 0.305 e. The maximum absolute atomic E-state index is 14.3. The SMILES string of the molecule is Fc1c(F)c(F)c2c(c1F)C(F)(F)c1c(F)c(F)c(F)c(F)c1C2(F)F. The van der Waals surface area contributed by atoms with Gasteiger partial charge in [0.25, 0.3) is 0 Å². The van der Waals surface area contributed by atoms with Crippen molar-refractivity contribution in [2.75, 3.05) is 0 Å². The van der Waals surface area contributed by atoms with Crippen LogP contribution in [0.5, 0.6) is 0 Å². The van der Waals surface area contributed by atoms with E-state index in [1.165, 1.54) is 0 Å². The largest absolute Gasteiger partial charge is 0.305 e. The Morgan fingerprint density at radius 3 is 0.615 bits per heavy atom. The fourth-order valence-electron chi connectivity index (χ4n) is 2.69. The van der Waals surface area contributed by atoms with Crippen molar-refractivity contribution in [3.63, 3.8) is 0 Å². The summed E-state index contributed by atoms with van der Waals surface area (Å²) < 4.78 is 165. The molecule has 2 aromatic carbocycles. The molecule has 0 unspecified atom stereocenters. The van der Waals surface area contributed by atoms with Crippen molar-refractivity contribution in [3.8, 4) is 0 Å². The fraction of sp³-hybridized carbons (Fsp3) is 0.143. The molecule has 0 spiro atoms. The molecule has 0 amide bonds. The maximum atomic E-state index is 14.3. The molecule has 0 aliphatic heterocycles. The second kappa shape index (κ2) is 5.07. The lowest BCUT2D eigenvalue weighted by Crippen LogP contribution is -2.39. The van der Waals surface area contributed by atoms with Gasteiger partial charge in [0, 0.05) is 0 Å². The molecule has 0 heterocycles. The summed E-state index contributed by atoms with van der Waals surface area (Å²) >= 11 is 0. The molecule has 0 N–H and O–H groups in total. The second-order valence-corrected chi connectivity index (χ2v) is 5.16. The standard InChI is InChI=1S/C14F12/c15-5-1-2(6(16)10(20)9(5)19)14(25,26)4-3(13(1,23)24)7(17)11(21)12(22)8(4)18. The van der Waals surface area contributed by atoms with Crippen LogP contribution in [0.1, 0.15) is 22.3 Å². The van der Waals surface area contributed by atoms with Gasteiger partial charge in [-0.25, -0.2) is 35.1 Å². The Morgan fingerprint density at radius 1 is 0.308 bits per heavy atom. The van der Waals surface area contributed by atoms with Crippen LogP contribution in [0, 0.1) is 46.5 Å².